The number of nitrogens with zero attached hydrogens (tertiary/aromatic N) is 3. The fraction of sp³-hybridized carbons (Fsp3) is 0.185. The van der Waals surface area contributed by atoms with Crippen molar-refractivity contribution in [1.82, 2.24) is 25.3 Å². The second-order valence-corrected chi connectivity index (χ2v) is 10.7. The van der Waals surface area contributed by atoms with Crippen molar-refractivity contribution < 1.29 is 4.79 Å². The van der Waals surface area contributed by atoms with Gasteiger partial charge in [-0.05, 0) is 63.2 Å². The topological polar surface area (TPSA) is 134 Å². The maximum atomic E-state index is 12.8. The van der Waals surface area contributed by atoms with E-state index in [9.17, 15) is 4.79 Å². The van der Waals surface area contributed by atoms with Crippen molar-refractivity contribution in [2.24, 2.45) is 5.73 Å². The molecular formula is C27H26Cl2N8O. The lowest BCUT2D eigenvalue weighted by Crippen LogP contribution is -2.43. The van der Waals surface area contributed by atoms with E-state index in [0.717, 1.165) is 22.3 Å². The predicted octanol–water partition coefficient (Wildman–Crippen LogP) is 6.60. The first kappa shape index (κ1) is 25.7. The summed E-state index contributed by atoms with van der Waals surface area (Å²) in [5, 5.41) is 11.5. The molecule has 194 valence electrons. The zero-order valence-electron chi connectivity index (χ0n) is 21.0. The number of H-pyrrole nitrogens is 1. The number of aromatic nitrogens is 4. The molecule has 0 fully saturated rings. The molecule has 2 amide bonds. The molecule has 0 bridgehead atoms. The van der Waals surface area contributed by atoms with E-state index in [1.54, 1.807) is 24.4 Å². The molecule has 0 saturated heterocycles. The molecule has 3 heterocycles. The smallest absolute Gasteiger partial charge is 0.320 e. The first-order valence-electron chi connectivity index (χ1n) is 11.9. The number of hydrogen-bond acceptors (Lipinski definition) is 6. The lowest BCUT2D eigenvalue weighted by atomic mass is 10.0. The van der Waals surface area contributed by atoms with E-state index in [1.807, 2.05) is 51.1 Å². The van der Waals surface area contributed by atoms with Gasteiger partial charge in [0.25, 0.3) is 0 Å². The zero-order chi connectivity index (χ0) is 27.0. The van der Waals surface area contributed by atoms with Crippen molar-refractivity contribution in [3.63, 3.8) is 0 Å². The molecule has 0 aliphatic heterocycles. The van der Waals surface area contributed by atoms with E-state index in [2.05, 4.69) is 35.9 Å². The maximum Gasteiger partial charge on any atom is 0.320 e. The SMILES string of the molecule is CC(C)(C)NC(=O)Nc1nc2nc(Nc3ccc4[nH]c(CN)cc4c3)ncc2cc1-c1c(Cl)cccc1Cl. The molecule has 3 aromatic heterocycles. The van der Waals surface area contributed by atoms with Crippen LogP contribution in [0.2, 0.25) is 10.0 Å². The Morgan fingerprint density at radius 3 is 2.50 bits per heavy atom. The van der Waals surface area contributed by atoms with E-state index >= 15 is 0 Å². The number of amides is 2. The molecular weight excluding hydrogens is 523 g/mol. The summed E-state index contributed by atoms with van der Waals surface area (Å²) in [4.78, 5) is 29.8. The quantitative estimate of drug-likeness (QED) is 0.168. The van der Waals surface area contributed by atoms with Crippen molar-refractivity contribution in [3.8, 4) is 11.1 Å². The van der Waals surface area contributed by atoms with E-state index in [1.165, 1.54) is 0 Å². The van der Waals surface area contributed by atoms with Gasteiger partial charge < -0.3 is 21.4 Å². The second-order valence-electron chi connectivity index (χ2n) is 9.84. The highest BCUT2D eigenvalue weighted by atomic mass is 35.5. The Labute approximate surface area is 229 Å². The van der Waals surface area contributed by atoms with Crippen molar-refractivity contribution >= 4 is 68.6 Å². The Hall–Kier alpha value is -3.92. The van der Waals surface area contributed by atoms with E-state index < -0.39 is 11.6 Å². The number of fused-ring (bicyclic) bond motifs is 2. The fourth-order valence-electron chi connectivity index (χ4n) is 4.05. The minimum atomic E-state index is -0.451. The number of carbonyl (C=O) groups is 1. The number of anilines is 3. The molecule has 6 N–H and O–H groups in total. The monoisotopic (exact) mass is 548 g/mol. The molecule has 0 saturated carbocycles. The van der Waals surface area contributed by atoms with Crippen molar-refractivity contribution in [1.29, 1.82) is 0 Å². The molecule has 38 heavy (non-hydrogen) atoms. The first-order valence-corrected chi connectivity index (χ1v) is 12.7. The van der Waals surface area contributed by atoms with Gasteiger partial charge in [-0.25, -0.2) is 14.8 Å². The summed E-state index contributed by atoms with van der Waals surface area (Å²) < 4.78 is 0. The van der Waals surface area contributed by atoms with E-state index in [-0.39, 0.29) is 5.82 Å². The van der Waals surface area contributed by atoms with Crippen LogP contribution in [0.1, 0.15) is 26.5 Å². The Morgan fingerprint density at radius 1 is 1.03 bits per heavy atom. The second kappa shape index (κ2) is 10.1. The van der Waals surface area contributed by atoms with Crippen LogP contribution in [0.5, 0.6) is 0 Å². The lowest BCUT2D eigenvalue weighted by molar-refractivity contribution is 0.243. The third-order valence-electron chi connectivity index (χ3n) is 5.67. The number of aromatic amines is 1. The summed E-state index contributed by atoms with van der Waals surface area (Å²) in [6.45, 7) is 6.10. The average Bonchev–Trinajstić information content (AvgIpc) is 3.25. The maximum absolute atomic E-state index is 12.8. The van der Waals surface area contributed by atoms with Gasteiger partial charge in [0.1, 0.15) is 5.82 Å². The largest absolute Gasteiger partial charge is 0.357 e. The van der Waals surface area contributed by atoms with Crippen LogP contribution in [0.3, 0.4) is 0 Å². The summed E-state index contributed by atoms with van der Waals surface area (Å²) >= 11 is 13.0. The molecule has 0 atom stereocenters. The van der Waals surface area contributed by atoms with Gasteiger partial charge in [0, 0.05) is 57.1 Å². The van der Waals surface area contributed by atoms with Crippen LogP contribution in [0, 0.1) is 0 Å². The molecule has 5 rings (SSSR count). The average molecular weight is 549 g/mol. The summed E-state index contributed by atoms with van der Waals surface area (Å²) in [7, 11) is 0. The standard InChI is InChI=1S/C27H26Cl2N8O/c1-27(2,3)37-26(38)36-24-18(22-19(28)5-4-6-20(22)29)11-15-13-31-25(35-23(15)34-24)33-16-7-8-21-14(9-16)10-17(12-30)32-21/h4-11,13,32H,12,30H2,1-3H3,(H3,31,33,34,35,36,37,38). The highest BCUT2D eigenvalue weighted by Gasteiger charge is 2.20. The normalized spacial score (nSPS) is 11.6. The third-order valence-corrected chi connectivity index (χ3v) is 6.30. The van der Waals surface area contributed by atoms with Gasteiger partial charge in [0.15, 0.2) is 5.65 Å². The molecule has 2 aromatic carbocycles. The fourth-order valence-corrected chi connectivity index (χ4v) is 4.65. The Morgan fingerprint density at radius 2 is 1.79 bits per heavy atom. The van der Waals surface area contributed by atoms with Gasteiger partial charge in [-0.3, -0.25) is 5.32 Å². The van der Waals surface area contributed by atoms with Gasteiger partial charge in [-0.1, -0.05) is 29.3 Å². The van der Waals surface area contributed by atoms with E-state index in [0.29, 0.717) is 44.7 Å². The van der Waals surface area contributed by atoms with Gasteiger partial charge in [-0.2, -0.15) is 4.98 Å². The lowest BCUT2D eigenvalue weighted by Gasteiger charge is -2.21. The first-order chi connectivity index (χ1) is 18.1. The molecule has 0 aliphatic rings. The van der Waals surface area contributed by atoms with Gasteiger partial charge in [0.05, 0.1) is 10.0 Å². The van der Waals surface area contributed by atoms with Crippen molar-refractivity contribution in [2.45, 2.75) is 32.9 Å². The Balaban J connectivity index is 1.55. The van der Waals surface area contributed by atoms with Crippen molar-refractivity contribution in [2.75, 3.05) is 10.6 Å². The van der Waals surface area contributed by atoms with Gasteiger partial charge in [-0.15, -0.1) is 0 Å². The van der Waals surface area contributed by atoms with Crippen LogP contribution < -0.4 is 21.7 Å². The molecule has 0 spiro atoms. The molecule has 0 aliphatic carbocycles. The van der Waals surface area contributed by atoms with Crippen molar-refractivity contribution in [3.05, 3.63) is 70.5 Å². The number of pyridine rings is 1. The molecule has 11 heteroatoms. The van der Waals surface area contributed by atoms with Crippen LogP contribution in [0.15, 0.2) is 54.7 Å². The number of benzene rings is 2. The van der Waals surface area contributed by atoms with Gasteiger partial charge >= 0.3 is 6.03 Å². The van der Waals surface area contributed by atoms with Gasteiger partial charge in [0.2, 0.25) is 5.95 Å². The minimum absolute atomic E-state index is 0.266. The zero-order valence-corrected chi connectivity index (χ0v) is 22.5. The summed E-state index contributed by atoms with van der Waals surface area (Å²) in [5.41, 5.74) is 9.53. The van der Waals surface area contributed by atoms with Crippen LogP contribution in [0.25, 0.3) is 33.1 Å². The number of carbonyl (C=O) groups excluding carboxylic acids is 1. The number of halogens is 2. The molecule has 5 aromatic rings. The predicted molar refractivity (Wildman–Crippen MR) is 154 cm³/mol. The number of hydrogen-bond donors (Lipinski definition) is 5. The highest BCUT2D eigenvalue weighted by molar-refractivity contribution is 6.39. The molecule has 0 unspecified atom stereocenters. The molecule has 0 radical (unpaired) electrons. The number of nitrogens with one attached hydrogen (secondary N) is 4. The number of urea groups is 1. The van der Waals surface area contributed by atoms with Crippen LogP contribution in [-0.4, -0.2) is 31.5 Å². The van der Waals surface area contributed by atoms with Crippen LogP contribution in [-0.2, 0) is 6.54 Å². The van der Waals surface area contributed by atoms with Crippen LogP contribution in [0.4, 0.5) is 22.2 Å². The summed E-state index contributed by atoms with van der Waals surface area (Å²) in [5.74, 6) is 0.620. The highest BCUT2D eigenvalue weighted by Crippen LogP contribution is 2.39. The van der Waals surface area contributed by atoms with Crippen LogP contribution >= 0.6 is 23.2 Å². The third kappa shape index (κ3) is 5.50. The van der Waals surface area contributed by atoms with E-state index in [4.69, 9.17) is 28.9 Å². The number of rotatable bonds is 5. The summed E-state index contributed by atoms with van der Waals surface area (Å²) in [6, 6.07) is 14.5. The Bertz CT molecular complexity index is 1660. The molecule has 9 nitrogen and oxygen atoms in total. The Kier molecular flexibility index (Phi) is 6.83. The number of nitrogens with two attached hydrogens (primary N) is 1. The minimum Gasteiger partial charge on any atom is -0.357 e. The summed E-state index contributed by atoms with van der Waals surface area (Å²) in [6.07, 6.45) is 1.66.